The Labute approximate surface area is 556 Å². The molecule has 3 N–H and O–H groups in total. The molecule has 0 aromatic heterocycles. The van der Waals surface area contributed by atoms with Gasteiger partial charge in [0.05, 0.1) is 26.4 Å². The quantitative estimate of drug-likeness (QED) is 0.0222. The maximum atomic E-state index is 13.0. The number of unbranched alkanes of at least 4 members (excludes halogenated alkanes) is 34. The molecule has 0 spiro atoms. The molecule has 0 amide bonds. The molecule has 0 saturated heterocycles. The van der Waals surface area contributed by atoms with Gasteiger partial charge in [-0.05, 0) is 49.4 Å². The lowest BCUT2D eigenvalue weighted by atomic mass is 10.00. The van der Waals surface area contributed by atoms with Gasteiger partial charge in [-0.15, -0.1) is 0 Å². The lowest BCUT2D eigenvalue weighted by molar-refractivity contribution is -0.161. The molecule has 17 nitrogen and oxygen atoms in total. The molecule has 0 aromatic rings. The number of carbonyl (C=O) groups excluding carboxylic acids is 4. The molecule has 0 aliphatic carbocycles. The van der Waals surface area contributed by atoms with E-state index in [1.54, 1.807) is 0 Å². The summed E-state index contributed by atoms with van der Waals surface area (Å²) < 4.78 is 68.4. The standard InChI is InChI=1S/C72H140O17P2/c1-9-65(8)51-43-35-30-31-37-45-53-70(75)83-59-68(89-72(77)55-47-39-29-23-17-15-20-26-34-42-50-64(6)7)61-87-91(80,81)85-57-66(73)56-84-90(78,79)86-60-67(58-82-69(74)52-44-36-27-21-16-14-19-25-33-41-49-63(4)5)88-71(76)54-46-38-28-22-13-11-10-12-18-24-32-40-48-62(2)3/h62-68,73H,9-61H2,1-8H3,(H,78,79)(H,80,81)/t65?,66-,67-,68-/m1/s1. The van der Waals surface area contributed by atoms with Crippen LogP contribution in [0.2, 0.25) is 0 Å². The largest absolute Gasteiger partial charge is 0.472 e. The van der Waals surface area contributed by atoms with E-state index in [2.05, 4.69) is 55.4 Å². The number of aliphatic hydroxyl groups excluding tert-OH is 1. The Morgan fingerprint density at radius 1 is 0.308 bits per heavy atom. The third-order valence-corrected chi connectivity index (χ3v) is 18.8. The highest BCUT2D eigenvalue weighted by molar-refractivity contribution is 7.47. The number of carbonyl (C=O) groups is 4. The fourth-order valence-corrected chi connectivity index (χ4v) is 12.4. The highest BCUT2D eigenvalue weighted by Crippen LogP contribution is 2.45. The summed E-state index contributed by atoms with van der Waals surface area (Å²) in [6, 6.07) is 0. The van der Waals surface area contributed by atoms with Crippen molar-refractivity contribution in [2.24, 2.45) is 23.7 Å². The molecule has 0 aromatic carbocycles. The lowest BCUT2D eigenvalue weighted by Gasteiger charge is -2.21. The van der Waals surface area contributed by atoms with E-state index in [0.717, 1.165) is 120 Å². The van der Waals surface area contributed by atoms with Crippen molar-refractivity contribution in [3.63, 3.8) is 0 Å². The number of rotatable bonds is 69. The molecule has 0 radical (unpaired) electrons. The fourth-order valence-electron chi connectivity index (χ4n) is 10.8. The Morgan fingerprint density at radius 2 is 0.527 bits per heavy atom. The first-order valence-electron chi connectivity index (χ1n) is 37.2. The van der Waals surface area contributed by atoms with Crippen molar-refractivity contribution >= 4 is 39.5 Å². The second-order valence-corrected chi connectivity index (χ2v) is 30.6. The average molecular weight is 1340 g/mol. The summed E-state index contributed by atoms with van der Waals surface area (Å²) in [5, 5.41) is 10.6. The molecule has 0 aliphatic heterocycles. The first-order chi connectivity index (χ1) is 43.6. The van der Waals surface area contributed by atoms with Crippen molar-refractivity contribution in [2.75, 3.05) is 39.6 Å². The summed E-state index contributed by atoms with van der Waals surface area (Å²) in [5.74, 6) is 0.891. The van der Waals surface area contributed by atoms with Crippen LogP contribution in [-0.2, 0) is 65.4 Å². The van der Waals surface area contributed by atoms with E-state index < -0.39 is 97.5 Å². The van der Waals surface area contributed by atoms with Crippen molar-refractivity contribution in [1.29, 1.82) is 0 Å². The van der Waals surface area contributed by atoms with Crippen molar-refractivity contribution in [2.45, 2.75) is 375 Å². The maximum Gasteiger partial charge on any atom is 0.472 e. The molecule has 0 rings (SSSR count). The number of aliphatic hydroxyl groups is 1. The van der Waals surface area contributed by atoms with E-state index in [0.29, 0.717) is 25.7 Å². The summed E-state index contributed by atoms with van der Waals surface area (Å²) in [6.07, 6.45) is 44.4. The summed E-state index contributed by atoms with van der Waals surface area (Å²) in [4.78, 5) is 72.6. The Hall–Kier alpha value is -1.94. The number of hydrogen-bond acceptors (Lipinski definition) is 15. The molecule has 0 aliphatic rings. The predicted octanol–water partition coefficient (Wildman–Crippen LogP) is 20.5. The van der Waals surface area contributed by atoms with E-state index in [1.807, 2.05) is 0 Å². The zero-order valence-corrected chi connectivity index (χ0v) is 61.3. The molecule has 0 saturated carbocycles. The smallest absolute Gasteiger partial charge is 0.462 e. The second kappa shape index (κ2) is 61.6. The molecule has 0 fully saturated rings. The summed E-state index contributed by atoms with van der Waals surface area (Å²) >= 11 is 0. The van der Waals surface area contributed by atoms with Gasteiger partial charge >= 0.3 is 39.5 Å². The highest BCUT2D eigenvalue weighted by Gasteiger charge is 2.30. The minimum atomic E-state index is -4.95. The van der Waals surface area contributed by atoms with E-state index >= 15 is 0 Å². The molecule has 19 heteroatoms. The second-order valence-electron chi connectivity index (χ2n) is 27.6. The van der Waals surface area contributed by atoms with E-state index in [-0.39, 0.29) is 25.7 Å². The molecule has 0 heterocycles. The summed E-state index contributed by atoms with van der Waals surface area (Å²) in [7, 11) is -9.91. The van der Waals surface area contributed by atoms with Crippen LogP contribution >= 0.6 is 15.6 Å². The van der Waals surface area contributed by atoms with Crippen LogP contribution in [0, 0.1) is 23.7 Å². The van der Waals surface area contributed by atoms with Crippen LogP contribution in [0.3, 0.4) is 0 Å². The van der Waals surface area contributed by atoms with Gasteiger partial charge in [0.2, 0.25) is 0 Å². The zero-order chi connectivity index (χ0) is 67.5. The van der Waals surface area contributed by atoms with Crippen LogP contribution in [-0.4, -0.2) is 96.7 Å². The van der Waals surface area contributed by atoms with E-state index in [1.165, 1.54) is 154 Å². The molecule has 0 bridgehead atoms. The zero-order valence-electron chi connectivity index (χ0n) is 59.5. The predicted molar refractivity (Wildman–Crippen MR) is 367 cm³/mol. The van der Waals surface area contributed by atoms with Gasteiger partial charge in [0, 0.05) is 25.7 Å². The van der Waals surface area contributed by atoms with E-state index in [4.69, 9.17) is 37.0 Å². The number of phosphoric ester groups is 2. The van der Waals surface area contributed by atoms with Gasteiger partial charge in [0.1, 0.15) is 19.3 Å². The normalized spacial score (nSPS) is 14.5. The van der Waals surface area contributed by atoms with Gasteiger partial charge in [-0.1, -0.05) is 306 Å². The van der Waals surface area contributed by atoms with E-state index in [9.17, 15) is 43.2 Å². The SMILES string of the molecule is CCC(C)CCCCCCCCC(=O)OC[C@H](COP(=O)(O)OC[C@H](O)COP(=O)(O)OC[C@@H](COC(=O)CCCCCCCCCCCCC(C)C)OC(=O)CCCCCCCCCCCCCCC(C)C)OC(=O)CCCCCCCCCCCCC(C)C. The first kappa shape index (κ1) is 89.1. The molecule has 540 valence electrons. The molecular weight excluding hydrogens is 1200 g/mol. The number of ether oxygens (including phenoxy) is 4. The third kappa shape index (κ3) is 65.1. The van der Waals surface area contributed by atoms with Crippen LogP contribution in [0.5, 0.6) is 0 Å². The van der Waals surface area contributed by atoms with Gasteiger partial charge in [-0.2, -0.15) is 0 Å². The Morgan fingerprint density at radius 3 is 0.780 bits per heavy atom. The van der Waals surface area contributed by atoms with Crippen LogP contribution in [0.1, 0.15) is 357 Å². The van der Waals surface area contributed by atoms with Crippen molar-refractivity contribution < 1.29 is 80.2 Å². The Balaban J connectivity index is 5.27. The summed E-state index contributed by atoms with van der Waals surface area (Å²) in [5.41, 5.74) is 0. The Kier molecular flexibility index (Phi) is 60.3. The highest BCUT2D eigenvalue weighted by atomic mass is 31.2. The van der Waals surface area contributed by atoms with Gasteiger partial charge in [-0.3, -0.25) is 37.3 Å². The molecule has 3 unspecified atom stereocenters. The van der Waals surface area contributed by atoms with Crippen LogP contribution in [0.15, 0.2) is 0 Å². The minimum absolute atomic E-state index is 0.105. The molecule has 6 atom stereocenters. The number of phosphoric acid groups is 2. The Bertz CT molecular complexity index is 1800. The monoisotopic (exact) mass is 1340 g/mol. The van der Waals surface area contributed by atoms with Gasteiger partial charge in [0.25, 0.3) is 0 Å². The lowest BCUT2D eigenvalue weighted by Crippen LogP contribution is -2.30. The van der Waals surface area contributed by atoms with Crippen LogP contribution in [0.4, 0.5) is 0 Å². The molecular formula is C72H140O17P2. The minimum Gasteiger partial charge on any atom is -0.462 e. The van der Waals surface area contributed by atoms with Crippen LogP contribution < -0.4 is 0 Å². The topological polar surface area (TPSA) is 237 Å². The van der Waals surface area contributed by atoms with Gasteiger partial charge < -0.3 is 33.8 Å². The van der Waals surface area contributed by atoms with Crippen molar-refractivity contribution in [1.82, 2.24) is 0 Å². The fraction of sp³-hybridized carbons (Fsp3) is 0.944. The van der Waals surface area contributed by atoms with Crippen molar-refractivity contribution in [3.05, 3.63) is 0 Å². The first-order valence-corrected chi connectivity index (χ1v) is 40.2. The number of esters is 4. The average Bonchev–Trinajstić information content (AvgIpc) is 3.66. The van der Waals surface area contributed by atoms with Gasteiger partial charge in [0.15, 0.2) is 12.2 Å². The van der Waals surface area contributed by atoms with Crippen LogP contribution in [0.25, 0.3) is 0 Å². The molecule has 91 heavy (non-hydrogen) atoms. The van der Waals surface area contributed by atoms with Gasteiger partial charge in [-0.25, -0.2) is 9.13 Å². The van der Waals surface area contributed by atoms with Crippen molar-refractivity contribution in [3.8, 4) is 0 Å². The summed E-state index contributed by atoms with van der Waals surface area (Å²) in [6.45, 7) is 14.1. The number of hydrogen-bond donors (Lipinski definition) is 3. The maximum absolute atomic E-state index is 13.0. The third-order valence-electron chi connectivity index (χ3n) is 16.9.